The molecule has 0 radical (unpaired) electrons. The van der Waals surface area contributed by atoms with E-state index in [0.29, 0.717) is 12.5 Å². The monoisotopic (exact) mass is 274 g/mol. The molecule has 2 rings (SSSR count). The van der Waals surface area contributed by atoms with Gasteiger partial charge in [-0.3, -0.25) is 4.79 Å². The maximum Gasteiger partial charge on any atom is 0.226 e. The fraction of sp³-hybridized carbons (Fsp3) is 0.588. The van der Waals surface area contributed by atoms with Gasteiger partial charge in [-0.2, -0.15) is 0 Å². The zero-order chi connectivity index (χ0) is 14.4. The summed E-state index contributed by atoms with van der Waals surface area (Å²) in [5, 5.41) is 3.51. The van der Waals surface area contributed by atoms with Gasteiger partial charge in [0.1, 0.15) is 0 Å². The molecule has 1 unspecified atom stereocenters. The van der Waals surface area contributed by atoms with E-state index in [9.17, 15) is 4.79 Å². The summed E-state index contributed by atoms with van der Waals surface area (Å²) in [5.74, 6) is 0.279. The van der Waals surface area contributed by atoms with Gasteiger partial charge in [0.05, 0.1) is 0 Å². The Morgan fingerprint density at radius 3 is 2.85 bits per heavy atom. The average Bonchev–Trinajstić information content (AvgIpc) is 2.48. The Morgan fingerprint density at radius 1 is 1.30 bits per heavy atom. The van der Waals surface area contributed by atoms with Gasteiger partial charge in [-0.15, -0.1) is 0 Å². The second kappa shape index (κ2) is 7.44. The van der Waals surface area contributed by atoms with Crippen LogP contribution in [-0.2, 0) is 4.79 Å². The van der Waals surface area contributed by atoms with E-state index in [0.717, 1.165) is 44.5 Å². The fourth-order valence-corrected chi connectivity index (χ4v) is 2.94. The lowest BCUT2D eigenvalue weighted by atomic mass is 9.96. The molecule has 0 fully saturated rings. The number of amides is 1. The Balaban J connectivity index is 2.12. The van der Waals surface area contributed by atoms with E-state index in [1.54, 1.807) is 0 Å². The first kappa shape index (κ1) is 15.0. The number of unbranched alkanes of at least 4 members (excludes halogenated alkanes) is 2. The summed E-state index contributed by atoms with van der Waals surface area (Å²) in [7, 11) is 0. The topological polar surface area (TPSA) is 32.3 Å². The van der Waals surface area contributed by atoms with Crippen molar-refractivity contribution in [2.45, 2.75) is 52.0 Å². The van der Waals surface area contributed by atoms with Crippen molar-refractivity contribution >= 4 is 11.6 Å². The molecular weight excluding hydrogens is 248 g/mol. The molecule has 1 aromatic rings. The van der Waals surface area contributed by atoms with Gasteiger partial charge in [-0.25, -0.2) is 0 Å². The van der Waals surface area contributed by atoms with Crippen LogP contribution in [0.15, 0.2) is 24.3 Å². The van der Waals surface area contributed by atoms with E-state index in [-0.39, 0.29) is 5.91 Å². The first-order chi connectivity index (χ1) is 9.77. The molecule has 0 bridgehead atoms. The van der Waals surface area contributed by atoms with Crippen molar-refractivity contribution < 1.29 is 4.79 Å². The summed E-state index contributed by atoms with van der Waals surface area (Å²) in [5.41, 5.74) is 2.37. The summed E-state index contributed by atoms with van der Waals surface area (Å²) in [4.78, 5) is 14.4. The minimum atomic E-state index is 0.279. The maximum absolute atomic E-state index is 12.4. The van der Waals surface area contributed by atoms with Gasteiger partial charge in [-0.1, -0.05) is 44.9 Å². The Labute approximate surface area is 122 Å². The third-order valence-electron chi connectivity index (χ3n) is 3.99. The number of fused-ring (bicyclic) bond motifs is 1. The predicted molar refractivity (Wildman–Crippen MR) is 84.0 cm³/mol. The number of rotatable bonds is 6. The van der Waals surface area contributed by atoms with Gasteiger partial charge >= 0.3 is 0 Å². The van der Waals surface area contributed by atoms with Crippen molar-refractivity contribution in [2.24, 2.45) is 0 Å². The summed E-state index contributed by atoms with van der Waals surface area (Å²) in [6.07, 6.45) is 4.98. The van der Waals surface area contributed by atoms with Crippen LogP contribution in [0, 0.1) is 0 Å². The normalized spacial score (nSPS) is 17.9. The van der Waals surface area contributed by atoms with E-state index in [2.05, 4.69) is 37.4 Å². The van der Waals surface area contributed by atoms with Crippen LogP contribution in [0.4, 0.5) is 5.69 Å². The van der Waals surface area contributed by atoms with Crippen LogP contribution in [0.25, 0.3) is 0 Å². The summed E-state index contributed by atoms with van der Waals surface area (Å²) < 4.78 is 0. The van der Waals surface area contributed by atoms with Crippen LogP contribution < -0.4 is 10.2 Å². The molecule has 1 aromatic carbocycles. The van der Waals surface area contributed by atoms with E-state index in [4.69, 9.17) is 0 Å². The zero-order valence-corrected chi connectivity index (χ0v) is 12.7. The molecular formula is C17H26N2O. The van der Waals surface area contributed by atoms with Crippen LogP contribution in [0.2, 0.25) is 0 Å². The summed E-state index contributed by atoms with van der Waals surface area (Å²) >= 11 is 0. The SMILES string of the molecule is CCCCCC(=O)N1CCC(NCC)c2ccccc21. The summed E-state index contributed by atoms with van der Waals surface area (Å²) in [6, 6.07) is 8.70. The lowest BCUT2D eigenvalue weighted by molar-refractivity contribution is -0.118. The molecule has 110 valence electrons. The van der Waals surface area contributed by atoms with Crippen LogP contribution in [0.3, 0.4) is 0 Å². The number of anilines is 1. The van der Waals surface area contributed by atoms with E-state index in [1.807, 2.05) is 11.0 Å². The van der Waals surface area contributed by atoms with Gasteiger partial charge in [-0.05, 0) is 31.0 Å². The van der Waals surface area contributed by atoms with Gasteiger partial charge in [0.2, 0.25) is 5.91 Å². The second-order valence-electron chi connectivity index (χ2n) is 5.46. The molecule has 1 amide bonds. The minimum absolute atomic E-state index is 0.279. The smallest absolute Gasteiger partial charge is 0.226 e. The van der Waals surface area contributed by atoms with E-state index < -0.39 is 0 Å². The quantitative estimate of drug-likeness (QED) is 0.803. The molecule has 0 spiro atoms. The molecule has 20 heavy (non-hydrogen) atoms. The minimum Gasteiger partial charge on any atom is -0.312 e. The molecule has 3 heteroatoms. The Morgan fingerprint density at radius 2 is 2.10 bits per heavy atom. The Bertz CT molecular complexity index is 444. The number of nitrogens with one attached hydrogen (secondary N) is 1. The first-order valence-corrected chi connectivity index (χ1v) is 7.90. The molecule has 0 aliphatic carbocycles. The predicted octanol–water partition coefficient (Wildman–Crippen LogP) is 3.65. The zero-order valence-electron chi connectivity index (χ0n) is 12.7. The van der Waals surface area contributed by atoms with Crippen molar-refractivity contribution in [3.05, 3.63) is 29.8 Å². The van der Waals surface area contributed by atoms with Crippen molar-refractivity contribution in [3.8, 4) is 0 Å². The second-order valence-corrected chi connectivity index (χ2v) is 5.46. The molecule has 0 saturated heterocycles. The van der Waals surface area contributed by atoms with Crippen LogP contribution >= 0.6 is 0 Å². The molecule has 1 N–H and O–H groups in total. The van der Waals surface area contributed by atoms with Crippen LogP contribution in [0.1, 0.15) is 57.6 Å². The third kappa shape index (κ3) is 3.40. The number of benzene rings is 1. The molecule has 1 aliphatic heterocycles. The standard InChI is InChI=1S/C17H26N2O/c1-3-5-6-11-17(20)19-13-12-15(18-4-2)14-9-7-8-10-16(14)19/h7-10,15,18H,3-6,11-13H2,1-2H3. The number of carbonyl (C=O) groups is 1. The largest absolute Gasteiger partial charge is 0.312 e. The van der Waals surface area contributed by atoms with Crippen molar-refractivity contribution in [1.82, 2.24) is 5.32 Å². The van der Waals surface area contributed by atoms with Crippen molar-refractivity contribution in [1.29, 1.82) is 0 Å². The number of nitrogens with zero attached hydrogens (tertiary/aromatic N) is 1. The molecule has 3 nitrogen and oxygen atoms in total. The lowest BCUT2D eigenvalue weighted by Crippen LogP contribution is -2.39. The molecule has 0 aromatic heterocycles. The highest BCUT2D eigenvalue weighted by atomic mass is 16.2. The highest BCUT2D eigenvalue weighted by molar-refractivity contribution is 5.94. The van der Waals surface area contributed by atoms with E-state index in [1.165, 1.54) is 5.56 Å². The van der Waals surface area contributed by atoms with E-state index >= 15 is 0 Å². The Kier molecular flexibility index (Phi) is 5.60. The van der Waals surface area contributed by atoms with Crippen molar-refractivity contribution in [3.63, 3.8) is 0 Å². The number of hydrogen-bond acceptors (Lipinski definition) is 2. The summed E-state index contributed by atoms with van der Waals surface area (Å²) in [6.45, 7) is 6.09. The first-order valence-electron chi connectivity index (χ1n) is 7.90. The van der Waals surface area contributed by atoms with Gasteiger partial charge in [0, 0.05) is 24.7 Å². The van der Waals surface area contributed by atoms with Crippen molar-refractivity contribution in [2.75, 3.05) is 18.0 Å². The van der Waals surface area contributed by atoms with Crippen LogP contribution in [-0.4, -0.2) is 19.0 Å². The maximum atomic E-state index is 12.4. The van der Waals surface area contributed by atoms with Gasteiger partial charge in [0.25, 0.3) is 0 Å². The highest BCUT2D eigenvalue weighted by Gasteiger charge is 2.27. The number of carbonyl (C=O) groups excluding carboxylic acids is 1. The molecule has 1 atom stereocenters. The molecule has 0 saturated carbocycles. The van der Waals surface area contributed by atoms with Gasteiger partial charge in [0.15, 0.2) is 0 Å². The van der Waals surface area contributed by atoms with Crippen LogP contribution in [0.5, 0.6) is 0 Å². The third-order valence-corrected chi connectivity index (χ3v) is 3.99. The number of para-hydroxylation sites is 1. The lowest BCUT2D eigenvalue weighted by Gasteiger charge is -2.34. The van der Waals surface area contributed by atoms with Gasteiger partial charge < -0.3 is 10.2 Å². The molecule has 1 heterocycles. The molecule has 1 aliphatic rings. The fourth-order valence-electron chi connectivity index (χ4n) is 2.94. The average molecular weight is 274 g/mol. The Hall–Kier alpha value is -1.35. The number of hydrogen-bond donors (Lipinski definition) is 1. The highest BCUT2D eigenvalue weighted by Crippen LogP contribution is 2.34.